The quantitative estimate of drug-likeness (QED) is 0.584. The number of benzene rings is 3. The van der Waals surface area contributed by atoms with E-state index in [1.807, 2.05) is 36.4 Å². The van der Waals surface area contributed by atoms with Gasteiger partial charge in [-0.2, -0.15) is 0 Å². The highest BCUT2D eigenvalue weighted by Gasteiger charge is 2.36. The van der Waals surface area contributed by atoms with Crippen molar-refractivity contribution in [3.63, 3.8) is 0 Å². The number of carbonyl (C=O) groups is 4. The molecule has 0 spiro atoms. The van der Waals surface area contributed by atoms with Crippen LogP contribution in [0, 0.1) is 5.92 Å². The zero-order valence-corrected chi connectivity index (χ0v) is 17.1. The van der Waals surface area contributed by atoms with Crippen molar-refractivity contribution in [3.05, 3.63) is 78.4 Å². The maximum Gasteiger partial charge on any atom is 0.311 e. The Morgan fingerprint density at radius 2 is 1.66 bits per heavy atom. The van der Waals surface area contributed by atoms with Crippen molar-refractivity contribution in [2.75, 3.05) is 18.5 Å². The molecule has 1 saturated heterocycles. The number of hydrazine groups is 1. The summed E-state index contributed by atoms with van der Waals surface area (Å²) in [6.45, 7) is -0.482. The van der Waals surface area contributed by atoms with Gasteiger partial charge >= 0.3 is 5.97 Å². The molecule has 1 aliphatic rings. The predicted octanol–water partition coefficient (Wildman–Crippen LogP) is 2.51. The summed E-state index contributed by atoms with van der Waals surface area (Å²) in [5.41, 5.74) is 3.52. The van der Waals surface area contributed by atoms with E-state index in [4.69, 9.17) is 4.74 Å². The lowest BCUT2D eigenvalue weighted by molar-refractivity contribution is -0.151. The molecular weight excluding hydrogens is 410 g/mol. The number of amides is 3. The third-order valence-electron chi connectivity index (χ3n) is 5.14. The molecule has 162 valence electrons. The molecule has 32 heavy (non-hydrogen) atoms. The molecule has 0 radical (unpaired) electrons. The van der Waals surface area contributed by atoms with Gasteiger partial charge in [-0.05, 0) is 23.6 Å². The van der Waals surface area contributed by atoms with Crippen molar-refractivity contribution >= 4 is 40.2 Å². The standard InChI is InChI=1S/C24H21N3O5/c28-21(25-20-12-6-10-16-7-4-5-11-19(16)20)15-32-24(31)18-13-22(29)27(14-18)26-23(30)17-8-2-1-3-9-17/h1-12,18H,13-15H2,(H,25,28)(H,26,30)/t18-/m1/s1. The molecule has 0 bridgehead atoms. The van der Waals surface area contributed by atoms with E-state index in [1.54, 1.807) is 36.4 Å². The van der Waals surface area contributed by atoms with E-state index in [1.165, 1.54) is 0 Å². The van der Waals surface area contributed by atoms with E-state index >= 15 is 0 Å². The molecule has 3 aromatic rings. The smallest absolute Gasteiger partial charge is 0.311 e. The normalized spacial score (nSPS) is 15.4. The van der Waals surface area contributed by atoms with Crippen molar-refractivity contribution < 1.29 is 23.9 Å². The van der Waals surface area contributed by atoms with Gasteiger partial charge in [-0.25, -0.2) is 0 Å². The minimum Gasteiger partial charge on any atom is -0.455 e. The average Bonchev–Trinajstić information content (AvgIpc) is 3.18. The fourth-order valence-corrected chi connectivity index (χ4v) is 3.53. The first-order chi connectivity index (χ1) is 15.5. The Hall–Kier alpha value is -4.20. The molecule has 2 N–H and O–H groups in total. The molecule has 4 rings (SSSR count). The van der Waals surface area contributed by atoms with Crippen LogP contribution in [0.2, 0.25) is 0 Å². The molecule has 8 heteroatoms. The summed E-state index contributed by atoms with van der Waals surface area (Å²) in [7, 11) is 0. The van der Waals surface area contributed by atoms with Gasteiger partial charge in [0.15, 0.2) is 6.61 Å². The highest BCUT2D eigenvalue weighted by molar-refractivity contribution is 6.03. The van der Waals surface area contributed by atoms with Gasteiger partial charge in [-0.15, -0.1) is 0 Å². The van der Waals surface area contributed by atoms with Crippen LogP contribution >= 0.6 is 0 Å². The highest BCUT2D eigenvalue weighted by Crippen LogP contribution is 2.23. The molecule has 0 saturated carbocycles. The molecule has 3 aromatic carbocycles. The SMILES string of the molecule is O=C(COC(=O)[C@@H]1CC(=O)N(NC(=O)c2ccccc2)C1)Nc1cccc2ccccc12. The second-order valence-corrected chi connectivity index (χ2v) is 7.39. The van der Waals surface area contributed by atoms with E-state index in [-0.39, 0.29) is 13.0 Å². The number of hydrogen-bond donors (Lipinski definition) is 2. The topological polar surface area (TPSA) is 105 Å². The third-order valence-corrected chi connectivity index (χ3v) is 5.14. The number of hydrogen-bond acceptors (Lipinski definition) is 5. The molecule has 3 amide bonds. The van der Waals surface area contributed by atoms with Gasteiger partial charge in [0.25, 0.3) is 11.8 Å². The number of ether oxygens (including phenoxy) is 1. The van der Waals surface area contributed by atoms with Crippen LogP contribution < -0.4 is 10.7 Å². The van der Waals surface area contributed by atoms with Gasteiger partial charge in [-0.3, -0.25) is 29.6 Å². The fraction of sp³-hybridized carbons (Fsp3) is 0.167. The summed E-state index contributed by atoms with van der Waals surface area (Å²) in [5.74, 6) is -2.74. The Balaban J connectivity index is 1.29. The molecule has 1 aliphatic heterocycles. The van der Waals surface area contributed by atoms with Gasteiger partial charge in [0, 0.05) is 23.1 Å². The molecule has 1 heterocycles. The summed E-state index contributed by atoms with van der Waals surface area (Å²) in [5, 5.41) is 5.70. The number of nitrogens with zero attached hydrogens (tertiary/aromatic N) is 1. The van der Waals surface area contributed by atoms with Crippen molar-refractivity contribution in [1.82, 2.24) is 10.4 Å². The van der Waals surface area contributed by atoms with Crippen molar-refractivity contribution in [1.29, 1.82) is 0 Å². The molecule has 1 fully saturated rings. The second kappa shape index (κ2) is 9.30. The lowest BCUT2D eigenvalue weighted by Gasteiger charge is -2.17. The van der Waals surface area contributed by atoms with Gasteiger partial charge < -0.3 is 10.1 Å². The first-order valence-corrected chi connectivity index (χ1v) is 10.1. The Morgan fingerprint density at radius 3 is 2.47 bits per heavy atom. The van der Waals surface area contributed by atoms with E-state index in [2.05, 4.69) is 10.7 Å². The van der Waals surface area contributed by atoms with Crippen LogP contribution in [0.1, 0.15) is 16.8 Å². The molecule has 1 atom stereocenters. The largest absolute Gasteiger partial charge is 0.455 e. The van der Waals surface area contributed by atoms with Crippen LogP contribution in [0.4, 0.5) is 5.69 Å². The average molecular weight is 431 g/mol. The minimum atomic E-state index is -0.760. The maximum absolute atomic E-state index is 12.4. The number of nitrogens with one attached hydrogen (secondary N) is 2. The first kappa shape index (κ1) is 21.0. The minimum absolute atomic E-state index is 0.0127. The van der Waals surface area contributed by atoms with Crippen LogP contribution in [0.3, 0.4) is 0 Å². The summed E-state index contributed by atoms with van der Waals surface area (Å²) < 4.78 is 5.12. The number of fused-ring (bicyclic) bond motifs is 1. The van der Waals surface area contributed by atoms with Crippen molar-refractivity contribution in [2.45, 2.75) is 6.42 Å². The van der Waals surface area contributed by atoms with Crippen LogP contribution in [-0.2, 0) is 19.1 Å². The van der Waals surface area contributed by atoms with Crippen molar-refractivity contribution in [3.8, 4) is 0 Å². The van der Waals surface area contributed by atoms with E-state index in [9.17, 15) is 19.2 Å². The molecule has 0 unspecified atom stereocenters. The van der Waals surface area contributed by atoms with Gasteiger partial charge in [0.1, 0.15) is 0 Å². The van der Waals surface area contributed by atoms with E-state index in [0.717, 1.165) is 15.8 Å². The highest BCUT2D eigenvalue weighted by atomic mass is 16.5. The number of esters is 1. The van der Waals surface area contributed by atoms with Gasteiger partial charge in [0.2, 0.25) is 5.91 Å². The summed E-state index contributed by atoms with van der Waals surface area (Å²) in [6.07, 6.45) is -0.0984. The van der Waals surface area contributed by atoms with E-state index in [0.29, 0.717) is 11.3 Å². The maximum atomic E-state index is 12.4. The molecular formula is C24H21N3O5. The summed E-state index contributed by atoms with van der Waals surface area (Å²) in [6, 6.07) is 21.6. The zero-order valence-electron chi connectivity index (χ0n) is 17.1. The Bertz CT molecular complexity index is 1170. The lowest BCUT2D eigenvalue weighted by Crippen LogP contribution is -2.43. The van der Waals surface area contributed by atoms with Crippen LogP contribution in [0.15, 0.2) is 72.8 Å². The Kier molecular flexibility index (Phi) is 6.12. The summed E-state index contributed by atoms with van der Waals surface area (Å²) >= 11 is 0. The number of anilines is 1. The second-order valence-electron chi connectivity index (χ2n) is 7.39. The summed E-state index contributed by atoms with van der Waals surface area (Å²) in [4.78, 5) is 49.1. The number of rotatable bonds is 6. The molecule has 8 nitrogen and oxygen atoms in total. The molecule has 0 aliphatic carbocycles. The molecule has 0 aromatic heterocycles. The van der Waals surface area contributed by atoms with E-state index < -0.39 is 36.2 Å². The zero-order chi connectivity index (χ0) is 22.5. The van der Waals surface area contributed by atoms with Crippen LogP contribution in [0.25, 0.3) is 10.8 Å². The third kappa shape index (κ3) is 4.75. The Morgan fingerprint density at radius 1 is 0.938 bits per heavy atom. The van der Waals surface area contributed by atoms with Crippen LogP contribution in [0.5, 0.6) is 0 Å². The first-order valence-electron chi connectivity index (χ1n) is 10.1. The van der Waals surface area contributed by atoms with Gasteiger partial charge in [-0.1, -0.05) is 54.6 Å². The van der Waals surface area contributed by atoms with Crippen molar-refractivity contribution in [2.24, 2.45) is 5.92 Å². The van der Waals surface area contributed by atoms with Crippen LogP contribution in [-0.4, -0.2) is 41.9 Å². The fourth-order valence-electron chi connectivity index (χ4n) is 3.53. The predicted molar refractivity (Wildman–Crippen MR) is 117 cm³/mol. The Labute approximate surface area is 184 Å². The lowest BCUT2D eigenvalue weighted by atomic mass is 10.1. The monoisotopic (exact) mass is 431 g/mol. The van der Waals surface area contributed by atoms with Gasteiger partial charge in [0.05, 0.1) is 12.5 Å². The number of carbonyl (C=O) groups excluding carboxylic acids is 4.